The van der Waals surface area contributed by atoms with Crippen LogP contribution in [-0.2, 0) is 20.8 Å². The Morgan fingerprint density at radius 1 is 1.19 bits per heavy atom. The molecule has 0 bridgehead atoms. The van der Waals surface area contributed by atoms with Crippen LogP contribution >= 0.6 is 0 Å². The molecule has 0 radical (unpaired) electrons. The predicted molar refractivity (Wildman–Crippen MR) is 123 cm³/mol. The van der Waals surface area contributed by atoms with Crippen LogP contribution < -0.4 is 10.2 Å². The maximum absolute atomic E-state index is 13.0. The molecule has 2 aliphatic heterocycles. The number of allylic oxidation sites excluding steroid dienone is 1. The van der Waals surface area contributed by atoms with Gasteiger partial charge in [-0.3, -0.25) is 19.4 Å². The quantitative estimate of drug-likeness (QED) is 0.601. The molecule has 1 unspecified atom stereocenters. The summed E-state index contributed by atoms with van der Waals surface area (Å²) in [4.78, 5) is 42.0. The number of aryl methyl sites for hydroxylation is 1. The Kier molecular flexibility index (Phi) is 4.59. The molecule has 7 nitrogen and oxygen atoms in total. The second kappa shape index (κ2) is 7.46. The normalized spacial score (nSPS) is 16.5. The number of carboxylic acids is 1. The van der Waals surface area contributed by atoms with E-state index >= 15 is 0 Å². The number of carboxylic acid groups (broad SMARTS) is 1. The van der Waals surface area contributed by atoms with E-state index in [1.54, 1.807) is 12.3 Å². The number of carbonyl (C=O) groups excluding carboxylic acids is 2. The number of rotatable bonds is 5. The predicted octanol–water partition coefficient (Wildman–Crippen LogP) is 4.07. The van der Waals surface area contributed by atoms with Crippen molar-refractivity contribution >= 4 is 52.2 Å². The van der Waals surface area contributed by atoms with Gasteiger partial charge in [-0.1, -0.05) is 42.5 Å². The van der Waals surface area contributed by atoms with E-state index in [1.165, 1.54) is 6.21 Å². The van der Waals surface area contributed by atoms with Crippen molar-refractivity contribution in [1.82, 2.24) is 0 Å². The second-order valence-electron chi connectivity index (χ2n) is 7.82. The summed E-state index contributed by atoms with van der Waals surface area (Å²) in [6.45, 7) is 2.01. The summed E-state index contributed by atoms with van der Waals surface area (Å²) >= 11 is 0. The molecule has 2 heterocycles. The number of hydrogen-bond acceptors (Lipinski definition) is 5. The summed E-state index contributed by atoms with van der Waals surface area (Å²) in [6.07, 6.45) is 3.17. The van der Waals surface area contributed by atoms with Gasteiger partial charge in [-0.15, -0.1) is 0 Å². The number of aliphatic carboxylic acids is 1. The van der Waals surface area contributed by atoms with E-state index in [9.17, 15) is 19.5 Å². The van der Waals surface area contributed by atoms with Crippen molar-refractivity contribution in [2.45, 2.75) is 19.3 Å². The summed E-state index contributed by atoms with van der Waals surface area (Å²) in [7, 11) is 0. The highest BCUT2D eigenvalue weighted by molar-refractivity contribution is 6.33. The van der Waals surface area contributed by atoms with E-state index in [0.29, 0.717) is 28.9 Å². The lowest BCUT2D eigenvalue weighted by molar-refractivity contribution is -0.136. The van der Waals surface area contributed by atoms with Crippen LogP contribution in [-0.4, -0.2) is 29.5 Å². The Labute approximate surface area is 183 Å². The molecular weight excluding hydrogens is 406 g/mol. The minimum absolute atomic E-state index is 0.217. The Morgan fingerprint density at radius 2 is 2.00 bits per heavy atom. The fourth-order valence-electron chi connectivity index (χ4n) is 4.69. The molecular formula is C25H19N3O4. The molecule has 3 aromatic carbocycles. The van der Waals surface area contributed by atoms with Gasteiger partial charge >= 0.3 is 5.97 Å². The van der Waals surface area contributed by atoms with Crippen LogP contribution in [0, 0.1) is 6.92 Å². The zero-order chi connectivity index (χ0) is 22.4. The average molecular weight is 425 g/mol. The fraction of sp³-hybridized carbons (Fsp3) is 0.120. The number of anilines is 3. The van der Waals surface area contributed by atoms with Crippen LogP contribution in [0.1, 0.15) is 22.6 Å². The largest absolute Gasteiger partial charge is 0.481 e. The first kappa shape index (κ1) is 19.7. The van der Waals surface area contributed by atoms with E-state index in [4.69, 9.17) is 0 Å². The molecule has 0 spiro atoms. The van der Waals surface area contributed by atoms with Gasteiger partial charge in [0.2, 0.25) is 6.41 Å². The molecule has 7 heteroatoms. The number of amides is 1. The average Bonchev–Trinajstić information content (AvgIpc) is 3.10. The number of carbonyl (C=O) groups is 3. The van der Waals surface area contributed by atoms with Gasteiger partial charge in [0.1, 0.15) is 0 Å². The van der Waals surface area contributed by atoms with Gasteiger partial charge in [0, 0.05) is 17.1 Å². The van der Waals surface area contributed by atoms with Gasteiger partial charge in [-0.2, -0.15) is 0 Å². The van der Waals surface area contributed by atoms with E-state index in [-0.39, 0.29) is 12.2 Å². The Balaban J connectivity index is 1.84. The highest BCUT2D eigenvalue weighted by Crippen LogP contribution is 2.54. The Hall–Kier alpha value is -4.26. The molecule has 0 aliphatic carbocycles. The van der Waals surface area contributed by atoms with E-state index in [2.05, 4.69) is 16.4 Å². The van der Waals surface area contributed by atoms with Gasteiger partial charge in [0.05, 0.1) is 41.3 Å². The number of ketones is 1. The van der Waals surface area contributed by atoms with Crippen LogP contribution in [0.3, 0.4) is 0 Å². The van der Waals surface area contributed by atoms with Crippen molar-refractivity contribution < 1.29 is 19.5 Å². The standard InChI is InChI=1S/C25H19N3O4/c1-14-6-7-15-4-2-3-5-17(15)25(14)28-18-9-8-16(10-21(31)32)24(27-13-29)23(18)22-19(28)11-26-12-20(22)30/h2-9,11-13,22H,10H2,1H3,(H,27,29)(H,31,32). The van der Waals surface area contributed by atoms with Gasteiger partial charge in [-0.25, -0.2) is 0 Å². The van der Waals surface area contributed by atoms with E-state index in [1.807, 2.05) is 48.2 Å². The third-order valence-corrected chi connectivity index (χ3v) is 5.96. The first-order valence-corrected chi connectivity index (χ1v) is 10.1. The zero-order valence-electron chi connectivity index (χ0n) is 17.2. The number of benzene rings is 3. The first-order chi connectivity index (χ1) is 15.5. The lowest BCUT2D eigenvalue weighted by atomic mass is 9.90. The Bertz CT molecular complexity index is 1370. The molecule has 0 aromatic heterocycles. The van der Waals surface area contributed by atoms with E-state index in [0.717, 1.165) is 27.7 Å². The monoisotopic (exact) mass is 425 g/mol. The molecule has 0 fully saturated rings. The second-order valence-corrected chi connectivity index (χ2v) is 7.82. The minimum Gasteiger partial charge on any atom is -0.481 e. The minimum atomic E-state index is -1.02. The molecule has 3 aromatic rings. The smallest absolute Gasteiger partial charge is 0.307 e. The lowest BCUT2D eigenvalue weighted by Gasteiger charge is -2.26. The van der Waals surface area contributed by atoms with Crippen molar-refractivity contribution in [3.8, 4) is 0 Å². The molecule has 158 valence electrons. The molecule has 0 saturated heterocycles. The molecule has 2 aliphatic rings. The van der Waals surface area contributed by atoms with Crippen molar-refractivity contribution in [2.75, 3.05) is 10.2 Å². The van der Waals surface area contributed by atoms with Crippen LogP contribution in [0.25, 0.3) is 10.8 Å². The van der Waals surface area contributed by atoms with Crippen LogP contribution in [0.2, 0.25) is 0 Å². The van der Waals surface area contributed by atoms with Crippen molar-refractivity contribution in [2.24, 2.45) is 4.99 Å². The summed E-state index contributed by atoms with van der Waals surface area (Å²) in [6, 6.07) is 15.6. The SMILES string of the molecule is Cc1ccc2ccccc2c1N1C2=CN=CC(=O)C2c2c1ccc(CC(=O)O)c2NC=O. The van der Waals surface area contributed by atoms with Crippen LogP contribution in [0.4, 0.5) is 17.1 Å². The first-order valence-electron chi connectivity index (χ1n) is 10.1. The third-order valence-electron chi connectivity index (χ3n) is 5.96. The number of nitrogens with zero attached hydrogens (tertiary/aromatic N) is 2. The van der Waals surface area contributed by atoms with Gasteiger partial charge in [0.15, 0.2) is 5.78 Å². The third kappa shape index (κ3) is 2.90. The van der Waals surface area contributed by atoms with Crippen molar-refractivity contribution in [3.05, 3.63) is 77.1 Å². The molecule has 5 rings (SSSR count). The summed E-state index contributed by atoms with van der Waals surface area (Å²) in [5.74, 6) is -1.92. The van der Waals surface area contributed by atoms with Crippen LogP contribution in [0.5, 0.6) is 0 Å². The lowest BCUT2D eigenvalue weighted by Crippen LogP contribution is -2.22. The summed E-state index contributed by atoms with van der Waals surface area (Å²) in [5, 5.41) is 14.1. The molecule has 1 atom stereocenters. The zero-order valence-corrected chi connectivity index (χ0v) is 17.2. The van der Waals surface area contributed by atoms with Gasteiger partial charge in [0.25, 0.3) is 0 Å². The number of aliphatic imine (C=N–C) groups is 1. The van der Waals surface area contributed by atoms with Crippen LogP contribution in [0.15, 0.2) is 65.4 Å². The summed E-state index contributed by atoms with van der Waals surface area (Å²) < 4.78 is 0. The molecule has 1 amide bonds. The number of hydrogen-bond donors (Lipinski definition) is 2. The summed E-state index contributed by atoms with van der Waals surface area (Å²) in [5.41, 5.74) is 4.72. The maximum atomic E-state index is 13.0. The number of Topliss-reactive ketones (excluding diaryl/α,β-unsaturated/α-hetero) is 1. The van der Waals surface area contributed by atoms with Crippen molar-refractivity contribution in [3.63, 3.8) is 0 Å². The highest BCUT2D eigenvalue weighted by atomic mass is 16.4. The topological polar surface area (TPSA) is 99.1 Å². The van der Waals surface area contributed by atoms with Gasteiger partial charge in [-0.05, 0) is 29.5 Å². The number of nitrogens with one attached hydrogen (secondary N) is 1. The molecule has 0 saturated carbocycles. The molecule has 2 N–H and O–H groups in total. The number of fused-ring (bicyclic) bond motifs is 4. The maximum Gasteiger partial charge on any atom is 0.307 e. The van der Waals surface area contributed by atoms with E-state index < -0.39 is 11.9 Å². The Morgan fingerprint density at radius 3 is 2.78 bits per heavy atom. The van der Waals surface area contributed by atoms with Crippen molar-refractivity contribution in [1.29, 1.82) is 0 Å². The molecule has 32 heavy (non-hydrogen) atoms. The highest BCUT2D eigenvalue weighted by Gasteiger charge is 2.43. The van der Waals surface area contributed by atoms with Gasteiger partial charge < -0.3 is 15.3 Å². The fourth-order valence-corrected chi connectivity index (χ4v) is 4.69.